The van der Waals surface area contributed by atoms with Crippen molar-refractivity contribution in [3.63, 3.8) is 0 Å². The maximum absolute atomic E-state index is 10.1. The van der Waals surface area contributed by atoms with Crippen LogP contribution in [0.25, 0.3) is 0 Å². The van der Waals surface area contributed by atoms with Crippen LogP contribution >= 0.6 is 39.3 Å². The highest BCUT2D eigenvalue weighted by atomic mass is 79.9. The second kappa shape index (κ2) is 7.34. The molecule has 0 aliphatic rings. The van der Waals surface area contributed by atoms with Gasteiger partial charge < -0.3 is 5.11 Å². The fourth-order valence-corrected chi connectivity index (χ4v) is 3.01. The van der Waals surface area contributed by atoms with Gasteiger partial charge in [-0.05, 0) is 35.9 Å². The molecule has 100 valence electrons. The van der Waals surface area contributed by atoms with Crippen molar-refractivity contribution in [2.24, 2.45) is 0 Å². The van der Waals surface area contributed by atoms with Crippen LogP contribution in [-0.4, -0.2) is 17.0 Å². The molecule has 2 aromatic carbocycles. The van der Waals surface area contributed by atoms with Gasteiger partial charge in [0.1, 0.15) is 0 Å². The van der Waals surface area contributed by atoms with Gasteiger partial charge in [-0.25, -0.2) is 0 Å². The fourth-order valence-electron chi connectivity index (χ4n) is 1.70. The molecule has 1 N–H and O–H groups in total. The van der Waals surface area contributed by atoms with E-state index in [-0.39, 0.29) is 0 Å². The topological polar surface area (TPSA) is 20.2 Å². The molecule has 0 aromatic heterocycles. The molecular formula is C15H14BrClOS. The summed E-state index contributed by atoms with van der Waals surface area (Å²) in [6, 6.07) is 15.7. The molecule has 0 aliphatic heterocycles. The smallest absolute Gasteiger partial charge is 0.0674 e. The molecule has 0 bridgehead atoms. The van der Waals surface area contributed by atoms with E-state index < -0.39 is 6.10 Å². The van der Waals surface area contributed by atoms with Gasteiger partial charge in [-0.2, -0.15) is 0 Å². The molecular weight excluding hydrogens is 344 g/mol. The van der Waals surface area contributed by atoms with Gasteiger partial charge in [-0.1, -0.05) is 45.7 Å². The Labute approximate surface area is 131 Å². The van der Waals surface area contributed by atoms with E-state index in [1.807, 2.05) is 48.5 Å². The zero-order valence-electron chi connectivity index (χ0n) is 10.2. The van der Waals surface area contributed by atoms with E-state index in [0.717, 1.165) is 20.0 Å². The number of halogens is 2. The number of rotatable bonds is 5. The van der Waals surface area contributed by atoms with Crippen LogP contribution in [0.3, 0.4) is 0 Å². The maximum Gasteiger partial charge on any atom is 0.0674 e. The summed E-state index contributed by atoms with van der Waals surface area (Å²) in [5.41, 5.74) is 0.994. The van der Waals surface area contributed by atoms with E-state index in [1.54, 1.807) is 11.8 Å². The molecule has 0 saturated heterocycles. The van der Waals surface area contributed by atoms with Crippen molar-refractivity contribution in [1.82, 2.24) is 0 Å². The normalized spacial score (nSPS) is 12.4. The van der Waals surface area contributed by atoms with Gasteiger partial charge in [0.2, 0.25) is 0 Å². The van der Waals surface area contributed by atoms with Crippen LogP contribution in [0.1, 0.15) is 5.56 Å². The Kier molecular flexibility index (Phi) is 5.76. The van der Waals surface area contributed by atoms with Crippen LogP contribution in [0.5, 0.6) is 0 Å². The van der Waals surface area contributed by atoms with Gasteiger partial charge in [0.05, 0.1) is 6.10 Å². The molecule has 0 amide bonds. The minimum absolute atomic E-state index is 0.395. The van der Waals surface area contributed by atoms with Crippen molar-refractivity contribution in [1.29, 1.82) is 0 Å². The van der Waals surface area contributed by atoms with Crippen molar-refractivity contribution in [2.75, 3.05) is 5.75 Å². The Morgan fingerprint density at radius 3 is 2.47 bits per heavy atom. The summed E-state index contributed by atoms with van der Waals surface area (Å²) in [6.45, 7) is 0. The molecule has 0 aliphatic carbocycles. The average molecular weight is 358 g/mol. The molecule has 2 rings (SSSR count). The fraction of sp³-hybridized carbons (Fsp3) is 0.200. The number of thioether (sulfide) groups is 1. The summed E-state index contributed by atoms with van der Waals surface area (Å²) in [5.74, 6) is 0.660. The maximum atomic E-state index is 10.1. The lowest BCUT2D eigenvalue weighted by molar-refractivity contribution is 0.200. The summed E-state index contributed by atoms with van der Waals surface area (Å²) in [7, 11) is 0. The Morgan fingerprint density at radius 2 is 1.79 bits per heavy atom. The first kappa shape index (κ1) is 14.9. The van der Waals surface area contributed by atoms with Crippen LogP contribution in [0, 0.1) is 0 Å². The third-order valence-corrected chi connectivity index (χ3v) is 4.72. The lowest BCUT2D eigenvalue weighted by atomic mass is 10.1. The molecule has 0 radical (unpaired) electrons. The minimum atomic E-state index is -0.395. The van der Waals surface area contributed by atoms with E-state index in [0.29, 0.717) is 12.2 Å². The largest absolute Gasteiger partial charge is 0.392 e. The Balaban J connectivity index is 1.86. The Morgan fingerprint density at radius 1 is 1.11 bits per heavy atom. The van der Waals surface area contributed by atoms with Crippen molar-refractivity contribution >= 4 is 39.3 Å². The highest BCUT2D eigenvalue weighted by Gasteiger charge is 2.08. The molecule has 1 nitrogen and oxygen atoms in total. The number of aliphatic hydroxyl groups is 1. The molecule has 1 atom stereocenters. The summed E-state index contributed by atoms with van der Waals surface area (Å²) in [5, 5.41) is 10.8. The van der Waals surface area contributed by atoms with Gasteiger partial charge in [-0.15, -0.1) is 11.8 Å². The van der Waals surface area contributed by atoms with Crippen molar-refractivity contribution in [2.45, 2.75) is 17.4 Å². The van der Waals surface area contributed by atoms with E-state index >= 15 is 0 Å². The third-order valence-electron chi connectivity index (χ3n) is 2.67. The van der Waals surface area contributed by atoms with Gasteiger partial charge >= 0.3 is 0 Å². The van der Waals surface area contributed by atoms with Crippen LogP contribution in [0.4, 0.5) is 0 Å². The average Bonchev–Trinajstić information content (AvgIpc) is 2.41. The predicted molar refractivity (Wildman–Crippen MR) is 86.0 cm³/mol. The van der Waals surface area contributed by atoms with Gasteiger partial charge in [0.25, 0.3) is 0 Å². The quantitative estimate of drug-likeness (QED) is 0.776. The predicted octanol–water partition coefficient (Wildman–Crippen LogP) is 4.80. The van der Waals surface area contributed by atoms with E-state index in [4.69, 9.17) is 11.6 Å². The molecule has 1 unspecified atom stereocenters. The zero-order chi connectivity index (χ0) is 13.7. The first-order valence-corrected chi connectivity index (χ1v) is 8.10. The molecule has 2 aromatic rings. The second-order valence-corrected chi connectivity index (χ2v) is 6.63. The van der Waals surface area contributed by atoms with Crippen LogP contribution in [0.15, 0.2) is 57.9 Å². The van der Waals surface area contributed by atoms with Crippen LogP contribution < -0.4 is 0 Å². The van der Waals surface area contributed by atoms with Crippen molar-refractivity contribution in [3.05, 3.63) is 63.6 Å². The summed E-state index contributed by atoms with van der Waals surface area (Å²) >= 11 is 11.1. The summed E-state index contributed by atoms with van der Waals surface area (Å²) in [4.78, 5) is 1.15. The van der Waals surface area contributed by atoms with Gasteiger partial charge in [0, 0.05) is 26.6 Å². The number of hydrogen-bond donors (Lipinski definition) is 1. The van der Waals surface area contributed by atoms with Crippen LogP contribution in [-0.2, 0) is 6.42 Å². The lowest BCUT2D eigenvalue weighted by Gasteiger charge is -2.11. The monoisotopic (exact) mass is 356 g/mol. The second-order valence-electron chi connectivity index (χ2n) is 4.21. The van der Waals surface area contributed by atoms with E-state index in [1.165, 1.54) is 0 Å². The number of aliphatic hydroxyl groups excluding tert-OH is 1. The highest BCUT2D eigenvalue weighted by Crippen LogP contribution is 2.23. The SMILES string of the molecule is OC(CSc1ccc(Br)cc1)Cc1ccccc1Cl. The molecule has 0 spiro atoms. The third kappa shape index (κ3) is 4.84. The number of hydrogen-bond acceptors (Lipinski definition) is 2. The summed E-state index contributed by atoms with van der Waals surface area (Å²) in [6.07, 6.45) is 0.192. The molecule has 0 saturated carbocycles. The highest BCUT2D eigenvalue weighted by molar-refractivity contribution is 9.10. The van der Waals surface area contributed by atoms with Crippen molar-refractivity contribution < 1.29 is 5.11 Å². The molecule has 0 heterocycles. The first-order chi connectivity index (χ1) is 9.15. The number of benzene rings is 2. The van der Waals surface area contributed by atoms with Crippen LogP contribution in [0.2, 0.25) is 5.02 Å². The molecule has 4 heteroatoms. The van der Waals surface area contributed by atoms with E-state index in [9.17, 15) is 5.11 Å². The first-order valence-electron chi connectivity index (χ1n) is 5.95. The lowest BCUT2D eigenvalue weighted by Crippen LogP contribution is -2.13. The van der Waals surface area contributed by atoms with Gasteiger partial charge in [0.15, 0.2) is 0 Å². The standard InChI is InChI=1S/C15H14BrClOS/c16-12-5-7-14(8-6-12)19-10-13(18)9-11-3-1-2-4-15(11)17/h1-8,13,18H,9-10H2. The zero-order valence-corrected chi connectivity index (χ0v) is 13.4. The van der Waals surface area contributed by atoms with Gasteiger partial charge in [-0.3, -0.25) is 0 Å². The molecule has 19 heavy (non-hydrogen) atoms. The Bertz CT molecular complexity index is 530. The minimum Gasteiger partial charge on any atom is -0.392 e. The molecule has 0 fully saturated rings. The van der Waals surface area contributed by atoms with E-state index in [2.05, 4.69) is 15.9 Å². The summed E-state index contributed by atoms with van der Waals surface area (Å²) < 4.78 is 1.06. The Hall–Kier alpha value is -0.480. The van der Waals surface area contributed by atoms with Crippen molar-refractivity contribution in [3.8, 4) is 0 Å².